The summed E-state index contributed by atoms with van der Waals surface area (Å²) in [6.07, 6.45) is 1.41. The number of carbonyl (C=O) groups is 2. The fourth-order valence-corrected chi connectivity index (χ4v) is 2.23. The number of rotatable bonds is 6. The molecule has 0 saturated carbocycles. The number of pyridine rings is 1. The Morgan fingerprint density at radius 1 is 1.17 bits per heavy atom. The Labute approximate surface area is 138 Å². The molecule has 0 aliphatic carbocycles. The van der Waals surface area contributed by atoms with Gasteiger partial charge in [-0.3, -0.25) is 14.4 Å². The standard InChI is InChI=1S/C17H19N3O4/c1-18-16(23)14-9-13(15(22)19-7-8-21)11-20(17(14)24)10-12-5-3-2-4-6-12/h2-6,9,11,21H,7-8,10H2,1H3,(H,18,23)(H,19,22). The van der Waals surface area contributed by atoms with Crippen molar-refractivity contribution in [1.82, 2.24) is 15.2 Å². The van der Waals surface area contributed by atoms with Crippen LogP contribution in [0.25, 0.3) is 0 Å². The lowest BCUT2D eigenvalue weighted by Gasteiger charge is -2.11. The second kappa shape index (κ2) is 8.07. The van der Waals surface area contributed by atoms with Crippen LogP contribution in [-0.2, 0) is 6.54 Å². The molecule has 1 aromatic heterocycles. The Balaban J connectivity index is 2.46. The quantitative estimate of drug-likeness (QED) is 0.693. The normalized spacial score (nSPS) is 10.2. The van der Waals surface area contributed by atoms with Crippen LogP contribution in [0.5, 0.6) is 0 Å². The highest BCUT2D eigenvalue weighted by atomic mass is 16.3. The lowest BCUT2D eigenvalue weighted by Crippen LogP contribution is -2.34. The minimum atomic E-state index is -0.557. The first kappa shape index (κ1) is 17.4. The van der Waals surface area contributed by atoms with Gasteiger partial charge in [0.1, 0.15) is 5.56 Å². The number of aliphatic hydroxyl groups is 1. The molecule has 3 N–H and O–H groups in total. The third-order valence-electron chi connectivity index (χ3n) is 3.41. The van der Waals surface area contributed by atoms with E-state index in [1.165, 1.54) is 23.9 Å². The molecule has 2 aromatic rings. The summed E-state index contributed by atoms with van der Waals surface area (Å²) in [5.41, 5.74) is 0.468. The number of benzene rings is 1. The van der Waals surface area contributed by atoms with Crippen LogP contribution in [0.3, 0.4) is 0 Å². The molecule has 0 spiro atoms. The maximum atomic E-state index is 12.5. The predicted octanol–water partition coefficient (Wildman–Crippen LogP) is -0.0217. The van der Waals surface area contributed by atoms with Gasteiger partial charge in [-0.05, 0) is 11.6 Å². The zero-order valence-electron chi connectivity index (χ0n) is 13.3. The van der Waals surface area contributed by atoms with Crippen LogP contribution in [0.1, 0.15) is 26.3 Å². The average Bonchev–Trinajstić information content (AvgIpc) is 2.61. The van der Waals surface area contributed by atoms with Crippen molar-refractivity contribution in [3.8, 4) is 0 Å². The van der Waals surface area contributed by atoms with Gasteiger partial charge in [-0.15, -0.1) is 0 Å². The first-order chi connectivity index (χ1) is 11.6. The molecule has 0 fully saturated rings. The molecule has 2 rings (SSSR count). The summed E-state index contributed by atoms with van der Waals surface area (Å²) in [7, 11) is 1.42. The molecule has 0 radical (unpaired) electrons. The summed E-state index contributed by atoms with van der Waals surface area (Å²) in [5, 5.41) is 13.7. The van der Waals surface area contributed by atoms with E-state index in [1.807, 2.05) is 30.3 Å². The molecule has 0 atom stereocenters. The van der Waals surface area contributed by atoms with Gasteiger partial charge in [0.05, 0.1) is 18.7 Å². The van der Waals surface area contributed by atoms with Gasteiger partial charge in [0.25, 0.3) is 17.4 Å². The lowest BCUT2D eigenvalue weighted by molar-refractivity contribution is 0.0944. The van der Waals surface area contributed by atoms with Crippen molar-refractivity contribution in [2.24, 2.45) is 0 Å². The molecule has 2 amide bonds. The molecule has 1 heterocycles. The molecule has 0 bridgehead atoms. The van der Waals surface area contributed by atoms with Crippen LogP contribution in [0.2, 0.25) is 0 Å². The van der Waals surface area contributed by atoms with Crippen molar-refractivity contribution >= 4 is 11.8 Å². The number of hydrogen-bond donors (Lipinski definition) is 3. The van der Waals surface area contributed by atoms with Crippen molar-refractivity contribution in [2.75, 3.05) is 20.2 Å². The predicted molar refractivity (Wildman–Crippen MR) is 89.1 cm³/mol. The van der Waals surface area contributed by atoms with Gasteiger partial charge < -0.3 is 20.3 Å². The van der Waals surface area contributed by atoms with E-state index in [0.29, 0.717) is 0 Å². The minimum absolute atomic E-state index is 0.0892. The highest BCUT2D eigenvalue weighted by Gasteiger charge is 2.16. The average molecular weight is 329 g/mol. The molecule has 126 valence electrons. The van der Waals surface area contributed by atoms with E-state index in [0.717, 1.165) is 5.56 Å². The van der Waals surface area contributed by atoms with Crippen LogP contribution in [0, 0.1) is 0 Å². The topological polar surface area (TPSA) is 100 Å². The summed E-state index contributed by atoms with van der Waals surface area (Å²) in [5.74, 6) is -1.02. The van der Waals surface area contributed by atoms with Gasteiger partial charge in [0.15, 0.2) is 0 Å². The number of aliphatic hydroxyl groups excluding tert-OH is 1. The Kier molecular flexibility index (Phi) is 5.86. The summed E-state index contributed by atoms with van der Waals surface area (Å²) < 4.78 is 1.33. The third-order valence-corrected chi connectivity index (χ3v) is 3.41. The fourth-order valence-electron chi connectivity index (χ4n) is 2.23. The largest absolute Gasteiger partial charge is 0.395 e. The van der Waals surface area contributed by atoms with E-state index in [-0.39, 0.29) is 30.8 Å². The number of amides is 2. The highest BCUT2D eigenvalue weighted by molar-refractivity contribution is 5.99. The van der Waals surface area contributed by atoms with Crippen molar-refractivity contribution in [1.29, 1.82) is 0 Å². The molecule has 1 aromatic carbocycles. The zero-order valence-corrected chi connectivity index (χ0v) is 13.3. The first-order valence-corrected chi connectivity index (χ1v) is 7.46. The van der Waals surface area contributed by atoms with Crippen molar-refractivity contribution < 1.29 is 14.7 Å². The van der Waals surface area contributed by atoms with E-state index in [9.17, 15) is 14.4 Å². The van der Waals surface area contributed by atoms with Crippen LogP contribution in [0.15, 0.2) is 47.4 Å². The van der Waals surface area contributed by atoms with Gasteiger partial charge in [-0.1, -0.05) is 30.3 Å². The van der Waals surface area contributed by atoms with E-state index < -0.39 is 17.4 Å². The maximum absolute atomic E-state index is 12.5. The molecule has 24 heavy (non-hydrogen) atoms. The number of carbonyl (C=O) groups excluding carboxylic acids is 2. The fraction of sp³-hybridized carbons (Fsp3) is 0.235. The van der Waals surface area contributed by atoms with E-state index >= 15 is 0 Å². The summed E-state index contributed by atoms with van der Waals surface area (Å²) in [4.78, 5) is 36.5. The maximum Gasteiger partial charge on any atom is 0.263 e. The summed E-state index contributed by atoms with van der Waals surface area (Å²) in [6, 6.07) is 10.5. The van der Waals surface area contributed by atoms with Gasteiger partial charge in [-0.25, -0.2) is 0 Å². The molecule has 0 unspecified atom stereocenters. The SMILES string of the molecule is CNC(=O)c1cc(C(=O)NCCO)cn(Cc2ccccc2)c1=O. The van der Waals surface area contributed by atoms with Gasteiger partial charge in [0, 0.05) is 19.8 Å². The first-order valence-electron chi connectivity index (χ1n) is 7.46. The molecular weight excluding hydrogens is 310 g/mol. The zero-order chi connectivity index (χ0) is 17.5. The van der Waals surface area contributed by atoms with Crippen LogP contribution < -0.4 is 16.2 Å². The lowest BCUT2D eigenvalue weighted by atomic mass is 10.1. The molecule has 7 nitrogen and oxygen atoms in total. The second-order valence-corrected chi connectivity index (χ2v) is 5.12. The van der Waals surface area contributed by atoms with Crippen LogP contribution >= 0.6 is 0 Å². The Bertz CT molecular complexity index is 784. The van der Waals surface area contributed by atoms with Crippen molar-refractivity contribution in [3.63, 3.8) is 0 Å². The molecular formula is C17H19N3O4. The Morgan fingerprint density at radius 2 is 1.88 bits per heavy atom. The number of nitrogens with zero attached hydrogens (tertiary/aromatic N) is 1. The minimum Gasteiger partial charge on any atom is -0.395 e. The smallest absolute Gasteiger partial charge is 0.263 e. The monoisotopic (exact) mass is 329 g/mol. The van der Waals surface area contributed by atoms with E-state index in [2.05, 4.69) is 10.6 Å². The van der Waals surface area contributed by atoms with Gasteiger partial charge in [-0.2, -0.15) is 0 Å². The van der Waals surface area contributed by atoms with Gasteiger partial charge >= 0.3 is 0 Å². The Hall–Kier alpha value is -2.93. The Morgan fingerprint density at radius 3 is 2.50 bits per heavy atom. The molecule has 7 heteroatoms. The molecule has 0 aliphatic rings. The van der Waals surface area contributed by atoms with Crippen molar-refractivity contribution in [3.05, 3.63) is 69.6 Å². The highest BCUT2D eigenvalue weighted by Crippen LogP contribution is 2.05. The third kappa shape index (κ3) is 4.08. The van der Waals surface area contributed by atoms with Crippen LogP contribution in [0.4, 0.5) is 0 Å². The summed E-state index contributed by atoms with van der Waals surface area (Å²) in [6.45, 7) is 0.133. The number of nitrogens with one attached hydrogen (secondary N) is 2. The molecule has 0 saturated heterocycles. The summed E-state index contributed by atoms with van der Waals surface area (Å²) >= 11 is 0. The number of aromatic nitrogens is 1. The van der Waals surface area contributed by atoms with Gasteiger partial charge in [0.2, 0.25) is 0 Å². The number of hydrogen-bond acceptors (Lipinski definition) is 4. The van der Waals surface area contributed by atoms with E-state index in [4.69, 9.17) is 5.11 Å². The molecule has 0 aliphatic heterocycles. The van der Waals surface area contributed by atoms with Crippen LogP contribution in [-0.4, -0.2) is 41.7 Å². The second-order valence-electron chi connectivity index (χ2n) is 5.12. The van der Waals surface area contributed by atoms with Crippen molar-refractivity contribution in [2.45, 2.75) is 6.54 Å². The van der Waals surface area contributed by atoms with E-state index in [1.54, 1.807) is 0 Å².